The average Bonchev–Trinajstić information content (AvgIpc) is 2.97. The Morgan fingerprint density at radius 1 is 1.11 bits per heavy atom. The van der Waals surface area contributed by atoms with Crippen molar-refractivity contribution in [1.29, 1.82) is 0 Å². The highest BCUT2D eigenvalue weighted by Crippen LogP contribution is 2.22. The Morgan fingerprint density at radius 2 is 1.79 bits per heavy atom. The van der Waals surface area contributed by atoms with Gasteiger partial charge in [-0.3, -0.25) is 9.59 Å². The number of esters is 1. The number of benzene rings is 1. The fourth-order valence-corrected chi connectivity index (χ4v) is 3.00. The number of methoxy groups -OCH3 is 2. The molecule has 150 valence electrons. The molecule has 1 amide bonds. The molecule has 0 N–H and O–H groups in total. The topological polar surface area (TPSA) is 60.8 Å². The molecule has 0 spiro atoms. The summed E-state index contributed by atoms with van der Waals surface area (Å²) in [6, 6.07) is 10.4. The SMILES string of the molecule is COCCN(CC(=O)OC)C(=O)C=Cc1cc(C)n(-c2ccc(C)cc2)c1C. The number of hydrogen-bond donors (Lipinski definition) is 0. The van der Waals surface area contributed by atoms with E-state index in [-0.39, 0.29) is 12.5 Å². The molecule has 0 bridgehead atoms. The van der Waals surface area contributed by atoms with Crippen LogP contribution in [0.3, 0.4) is 0 Å². The van der Waals surface area contributed by atoms with Crippen molar-refractivity contribution >= 4 is 18.0 Å². The lowest BCUT2D eigenvalue weighted by Gasteiger charge is -2.19. The number of ether oxygens (including phenoxy) is 2. The van der Waals surface area contributed by atoms with E-state index in [2.05, 4.69) is 40.5 Å². The van der Waals surface area contributed by atoms with Gasteiger partial charge in [0.1, 0.15) is 6.54 Å². The Balaban J connectivity index is 2.22. The number of aromatic nitrogens is 1. The predicted octanol–water partition coefficient (Wildman–Crippen LogP) is 3.06. The Hall–Kier alpha value is -2.86. The maximum atomic E-state index is 12.6. The van der Waals surface area contributed by atoms with Crippen molar-refractivity contribution in [1.82, 2.24) is 9.47 Å². The van der Waals surface area contributed by atoms with Crippen LogP contribution in [0.5, 0.6) is 0 Å². The molecule has 0 saturated carbocycles. The molecule has 0 aliphatic heterocycles. The third-order valence-corrected chi connectivity index (χ3v) is 4.59. The normalized spacial score (nSPS) is 11.0. The summed E-state index contributed by atoms with van der Waals surface area (Å²) in [5, 5.41) is 0. The van der Waals surface area contributed by atoms with Gasteiger partial charge in [0.05, 0.1) is 13.7 Å². The second kappa shape index (κ2) is 9.90. The van der Waals surface area contributed by atoms with Crippen LogP contribution < -0.4 is 0 Å². The van der Waals surface area contributed by atoms with Crippen LogP contribution in [-0.2, 0) is 19.1 Å². The molecule has 0 saturated heterocycles. The third-order valence-electron chi connectivity index (χ3n) is 4.59. The molecular weight excluding hydrogens is 356 g/mol. The molecule has 2 rings (SSSR count). The standard InChI is InChI=1S/C22H28N2O4/c1-16-6-9-20(10-7-16)24-17(2)14-19(18(24)3)8-11-21(25)23(12-13-27-4)15-22(26)28-5/h6-11,14H,12-13,15H2,1-5H3. The van der Waals surface area contributed by atoms with E-state index in [0.717, 1.165) is 22.6 Å². The van der Waals surface area contributed by atoms with Crippen molar-refractivity contribution in [3.05, 3.63) is 58.9 Å². The van der Waals surface area contributed by atoms with Crippen LogP contribution in [0.2, 0.25) is 0 Å². The van der Waals surface area contributed by atoms with Crippen molar-refractivity contribution in [3.8, 4) is 5.69 Å². The molecule has 1 aromatic carbocycles. The monoisotopic (exact) mass is 384 g/mol. The maximum Gasteiger partial charge on any atom is 0.325 e. The minimum atomic E-state index is -0.463. The fourth-order valence-electron chi connectivity index (χ4n) is 3.00. The Kier molecular flexibility index (Phi) is 7.58. The van der Waals surface area contributed by atoms with E-state index < -0.39 is 5.97 Å². The van der Waals surface area contributed by atoms with Gasteiger partial charge in [0.15, 0.2) is 0 Å². The van der Waals surface area contributed by atoms with Gasteiger partial charge in [0.2, 0.25) is 5.91 Å². The van der Waals surface area contributed by atoms with Crippen molar-refractivity contribution in [2.24, 2.45) is 0 Å². The minimum Gasteiger partial charge on any atom is -0.468 e. The number of amides is 1. The molecular formula is C22H28N2O4. The van der Waals surface area contributed by atoms with Crippen molar-refractivity contribution in [2.75, 3.05) is 33.9 Å². The Morgan fingerprint density at radius 3 is 2.39 bits per heavy atom. The predicted molar refractivity (Wildman–Crippen MR) is 109 cm³/mol. The first-order chi connectivity index (χ1) is 13.4. The van der Waals surface area contributed by atoms with Crippen molar-refractivity contribution in [3.63, 3.8) is 0 Å². The Bertz CT molecular complexity index is 850. The summed E-state index contributed by atoms with van der Waals surface area (Å²) in [6.45, 7) is 6.67. The summed E-state index contributed by atoms with van der Waals surface area (Å²) in [5.41, 5.74) is 5.37. The molecule has 0 fully saturated rings. The van der Waals surface area contributed by atoms with Crippen LogP contribution in [0.1, 0.15) is 22.5 Å². The van der Waals surface area contributed by atoms with Crippen molar-refractivity contribution in [2.45, 2.75) is 20.8 Å². The molecule has 2 aromatic rings. The van der Waals surface area contributed by atoms with Crippen LogP contribution in [0.15, 0.2) is 36.4 Å². The van der Waals surface area contributed by atoms with E-state index in [1.54, 1.807) is 13.2 Å². The number of hydrogen-bond acceptors (Lipinski definition) is 4. The van der Waals surface area contributed by atoms with E-state index in [4.69, 9.17) is 4.74 Å². The van der Waals surface area contributed by atoms with E-state index in [9.17, 15) is 9.59 Å². The molecule has 1 heterocycles. The molecule has 28 heavy (non-hydrogen) atoms. The maximum absolute atomic E-state index is 12.6. The van der Waals surface area contributed by atoms with Crippen LogP contribution >= 0.6 is 0 Å². The molecule has 0 radical (unpaired) electrons. The number of nitrogens with zero attached hydrogens (tertiary/aromatic N) is 2. The van der Waals surface area contributed by atoms with Crippen LogP contribution in [0, 0.1) is 20.8 Å². The zero-order chi connectivity index (χ0) is 20.7. The zero-order valence-electron chi connectivity index (χ0n) is 17.2. The molecule has 0 aliphatic rings. The number of aryl methyl sites for hydroxylation is 2. The van der Waals surface area contributed by atoms with Gasteiger partial charge in [0.25, 0.3) is 0 Å². The largest absolute Gasteiger partial charge is 0.468 e. The molecule has 0 aliphatic carbocycles. The molecule has 6 heteroatoms. The highest BCUT2D eigenvalue weighted by Gasteiger charge is 2.16. The summed E-state index contributed by atoms with van der Waals surface area (Å²) in [6.07, 6.45) is 3.27. The lowest BCUT2D eigenvalue weighted by molar-refractivity contribution is -0.145. The fraction of sp³-hybridized carbons (Fsp3) is 0.364. The molecule has 0 unspecified atom stereocenters. The van der Waals surface area contributed by atoms with Gasteiger partial charge in [0, 0.05) is 36.8 Å². The van der Waals surface area contributed by atoms with Gasteiger partial charge in [-0.2, -0.15) is 0 Å². The molecule has 0 atom stereocenters. The van der Waals surface area contributed by atoms with E-state index in [0.29, 0.717) is 13.2 Å². The third kappa shape index (κ3) is 5.33. The first-order valence-corrected chi connectivity index (χ1v) is 9.16. The number of carbonyl (C=O) groups is 2. The highest BCUT2D eigenvalue weighted by molar-refractivity contribution is 5.94. The molecule has 6 nitrogen and oxygen atoms in total. The van der Waals surface area contributed by atoms with Gasteiger partial charge >= 0.3 is 5.97 Å². The summed E-state index contributed by atoms with van der Waals surface area (Å²) >= 11 is 0. The number of rotatable bonds is 8. The van der Waals surface area contributed by atoms with Gasteiger partial charge < -0.3 is 18.9 Å². The van der Waals surface area contributed by atoms with Gasteiger partial charge in [-0.25, -0.2) is 0 Å². The van der Waals surface area contributed by atoms with Gasteiger partial charge in [-0.05, 0) is 50.6 Å². The first kappa shape index (κ1) is 21.4. The van der Waals surface area contributed by atoms with Crippen LogP contribution in [0.25, 0.3) is 11.8 Å². The van der Waals surface area contributed by atoms with Crippen LogP contribution in [0.4, 0.5) is 0 Å². The molecule has 1 aromatic heterocycles. The van der Waals surface area contributed by atoms with E-state index in [1.807, 2.05) is 19.9 Å². The Labute approximate surface area is 166 Å². The van der Waals surface area contributed by atoms with Crippen LogP contribution in [-0.4, -0.2) is 55.3 Å². The minimum absolute atomic E-state index is 0.106. The van der Waals surface area contributed by atoms with E-state index in [1.165, 1.54) is 23.6 Å². The van der Waals surface area contributed by atoms with Crippen molar-refractivity contribution < 1.29 is 19.1 Å². The summed E-state index contributed by atoms with van der Waals surface area (Å²) < 4.78 is 11.8. The zero-order valence-corrected chi connectivity index (χ0v) is 17.2. The average molecular weight is 384 g/mol. The van der Waals surface area contributed by atoms with Gasteiger partial charge in [-0.1, -0.05) is 17.7 Å². The quantitative estimate of drug-likeness (QED) is 0.518. The smallest absolute Gasteiger partial charge is 0.325 e. The lowest BCUT2D eigenvalue weighted by Crippen LogP contribution is -2.37. The number of carbonyl (C=O) groups excluding carboxylic acids is 2. The summed E-state index contributed by atoms with van der Waals surface area (Å²) in [5.74, 6) is -0.724. The summed E-state index contributed by atoms with van der Waals surface area (Å²) in [7, 11) is 2.85. The van der Waals surface area contributed by atoms with E-state index >= 15 is 0 Å². The second-order valence-electron chi connectivity index (χ2n) is 6.66. The second-order valence-corrected chi connectivity index (χ2v) is 6.66. The van der Waals surface area contributed by atoms with Gasteiger partial charge in [-0.15, -0.1) is 0 Å². The lowest BCUT2D eigenvalue weighted by atomic mass is 10.2. The summed E-state index contributed by atoms with van der Waals surface area (Å²) in [4.78, 5) is 25.5. The first-order valence-electron chi connectivity index (χ1n) is 9.16. The highest BCUT2D eigenvalue weighted by atomic mass is 16.5.